The number of aliphatic carboxylic acids is 1. The highest BCUT2D eigenvalue weighted by Crippen LogP contribution is 2.00. The summed E-state index contributed by atoms with van der Waals surface area (Å²) in [5.74, 6) is -1.19. The maximum Gasteiger partial charge on any atom is 0.326 e. The summed E-state index contributed by atoms with van der Waals surface area (Å²) in [6.45, 7) is 7.06. The Morgan fingerprint density at radius 1 is 1.28 bits per heavy atom. The average molecular weight is 260 g/mol. The van der Waals surface area contributed by atoms with E-state index in [1.165, 1.54) is 0 Å². The highest BCUT2D eigenvalue weighted by molar-refractivity contribution is 5.82. The molecule has 0 aromatic carbocycles. The molecule has 6 heteroatoms. The number of nitrogens with one attached hydrogen (secondary N) is 2. The van der Waals surface area contributed by atoms with Gasteiger partial charge in [0.15, 0.2) is 0 Å². The minimum atomic E-state index is -1.03. The molecule has 0 radical (unpaired) electrons. The van der Waals surface area contributed by atoms with E-state index in [1.54, 1.807) is 13.8 Å². The standard InChI is InChI=1S/C12H24N2O4/c1-4-5-7-18-8-6-13-12(17)14-10(9(2)3)11(15)16/h9-10H,4-8H2,1-3H3,(H,15,16)(H2,13,14,17)/t10-/m1/s1. The lowest BCUT2D eigenvalue weighted by molar-refractivity contribution is -0.140. The van der Waals surface area contributed by atoms with Gasteiger partial charge in [-0.1, -0.05) is 27.2 Å². The van der Waals surface area contributed by atoms with Crippen molar-refractivity contribution in [3.05, 3.63) is 0 Å². The number of carbonyl (C=O) groups excluding carboxylic acids is 1. The fraction of sp³-hybridized carbons (Fsp3) is 0.833. The molecule has 6 nitrogen and oxygen atoms in total. The van der Waals surface area contributed by atoms with Gasteiger partial charge in [-0.2, -0.15) is 0 Å². The number of amides is 2. The topological polar surface area (TPSA) is 87.7 Å². The fourth-order valence-electron chi connectivity index (χ4n) is 1.29. The van der Waals surface area contributed by atoms with Crippen LogP contribution in [0.15, 0.2) is 0 Å². The van der Waals surface area contributed by atoms with Crippen LogP contribution >= 0.6 is 0 Å². The summed E-state index contributed by atoms with van der Waals surface area (Å²) in [4.78, 5) is 22.3. The van der Waals surface area contributed by atoms with Crippen molar-refractivity contribution in [2.45, 2.75) is 39.7 Å². The van der Waals surface area contributed by atoms with Crippen LogP contribution in [-0.4, -0.2) is 42.9 Å². The molecule has 0 fully saturated rings. The van der Waals surface area contributed by atoms with Crippen molar-refractivity contribution >= 4 is 12.0 Å². The Kier molecular flexibility index (Phi) is 9.00. The number of hydrogen-bond acceptors (Lipinski definition) is 3. The van der Waals surface area contributed by atoms with Crippen molar-refractivity contribution in [2.75, 3.05) is 19.8 Å². The molecule has 0 spiro atoms. The largest absolute Gasteiger partial charge is 0.480 e. The first-order valence-electron chi connectivity index (χ1n) is 6.34. The normalized spacial score (nSPS) is 12.2. The molecule has 0 unspecified atom stereocenters. The van der Waals surface area contributed by atoms with E-state index in [0.717, 1.165) is 12.8 Å². The second-order valence-electron chi connectivity index (χ2n) is 4.43. The number of ether oxygens (including phenoxy) is 1. The van der Waals surface area contributed by atoms with Gasteiger partial charge in [-0.3, -0.25) is 0 Å². The van der Waals surface area contributed by atoms with Crippen molar-refractivity contribution in [3.63, 3.8) is 0 Å². The number of carboxylic acids is 1. The molecule has 2 amide bonds. The van der Waals surface area contributed by atoms with Crippen molar-refractivity contribution < 1.29 is 19.4 Å². The lowest BCUT2D eigenvalue weighted by atomic mass is 10.1. The Labute approximate surface area is 108 Å². The second-order valence-corrected chi connectivity index (χ2v) is 4.43. The number of unbranched alkanes of at least 4 members (excludes halogenated alkanes) is 1. The lowest BCUT2D eigenvalue weighted by Gasteiger charge is -2.18. The molecule has 18 heavy (non-hydrogen) atoms. The molecule has 0 bridgehead atoms. The van der Waals surface area contributed by atoms with Crippen molar-refractivity contribution in [3.8, 4) is 0 Å². The highest BCUT2D eigenvalue weighted by atomic mass is 16.5. The number of carboxylic acid groups (broad SMARTS) is 1. The first-order valence-corrected chi connectivity index (χ1v) is 6.34. The van der Waals surface area contributed by atoms with Gasteiger partial charge in [0.1, 0.15) is 6.04 Å². The van der Waals surface area contributed by atoms with E-state index in [4.69, 9.17) is 9.84 Å². The Bertz CT molecular complexity index is 256. The molecule has 106 valence electrons. The van der Waals surface area contributed by atoms with Gasteiger partial charge in [0.2, 0.25) is 0 Å². The summed E-state index contributed by atoms with van der Waals surface area (Å²) in [5, 5.41) is 13.9. The third-order valence-electron chi connectivity index (χ3n) is 2.39. The molecule has 0 aliphatic carbocycles. The highest BCUT2D eigenvalue weighted by Gasteiger charge is 2.22. The molecule has 0 aliphatic heterocycles. The summed E-state index contributed by atoms with van der Waals surface area (Å²) in [6.07, 6.45) is 2.07. The quantitative estimate of drug-likeness (QED) is 0.544. The van der Waals surface area contributed by atoms with Gasteiger partial charge in [0.25, 0.3) is 0 Å². The van der Waals surface area contributed by atoms with E-state index in [9.17, 15) is 9.59 Å². The van der Waals surface area contributed by atoms with Gasteiger partial charge in [-0.15, -0.1) is 0 Å². The second kappa shape index (κ2) is 9.70. The Hall–Kier alpha value is -1.30. The Morgan fingerprint density at radius 2 is 1.94 bits per heavy atom. The summed E-state index contributed by atoms with van der Waals surface area (Å²) in [5.41, 5.74) is 0. The zero-order valence-electron chi connectivity index (χ0n) is 11.4. The van der Waals surface area contributed by atoms with Gasteiger partial charge in [0, 0.05) is 13.2 Å². The molecule has 0 rings (SSSR count). The zero-order chi connectivity index (χ0) is 14.0. The predicted octanol–water partition coefficient (Wildman–Crippen LogP) is 1.21. The molecule has 0 aliphatic rings. The first-order chi connectivity index (χ1) is 8.49. The van der Waals surface area contributed by atoms with Gasteiger partial charge in [0.05, 0.1) is 6.61 Å². The number of hydrogen-bond donors (Lipinski definition) is 3. The summed E-state index contributed by atoms with van der Waals surface area (Å²) in [7, 11) is 0. The van der Waals surface area contributed by atoms with Crippen LogP contribution in [0.4, 0.5) is 4.79 Å². The minimum absolute atomic E-state index is 0.158. The maximum absolute atomic E-state index is 11.4. The smallest absolute Gasteiger partial charge is 0.326 e. The molecule has 0 aromatic rings. The van der Waals surface area contributed by atoms with E-state index >= 15 is 0 Å². The Morgan fingerprint density at radius 3 is 2.44 bits per heavy atom. The maximum atomic E-state index is 11.4. The molecule has 0 aromatic heterocycles. The van der Waals surface area contributed by atoms with Crippen LogP contribution in [-0.2, 0) is 9.53 Å². The first kappa shape index (κ1) is 16.7. The van der Waals surface area contributed by atoms with Crippen molar-refractivity contribution in [2.24, 2.45) is 5.92 Å². The molecule has 0 heterocycles. The van der Waals surface area contributed by atoms with Crippen LogP contribution in [0.3, 0.4) is 0 Å². The van der Waals surface area contributed by atoms with Gasteiger partial charge in [-0.25, -0.2) is 9.59 Å². The van der Waals surface area contributed by atoms with Crippen molar-refractivity contribution in [1.82, 2.24) is 10.6 Å². The van der Waals surface area contributed by atoms with Crippen LogP contribution in [0.25, 0.3) is 0 Å². The van der Waals surface area contributed by atoms with E-state index < -0.39 is 18.0 Å². The number of carbonyl (C=O) groups is 2. The van der Waals surface area contributed by atoms with Gasteiger partial charge >= 0.3 is 12.0 Å². The minimum Gasteiger partial charge on any atom is -0.480 e. The number of urea groups is 1. The predicted molar refractivity (Wildman–Crippen MR) is 68.5 cm³/mol. The monoisotopic (exact) mass is 260 g/mol. The fourth-order valence-corrected chi connectivity index (χ4v) is 1.29. The summed E-state index contributed by atoms with van der Waals surface area (Å²) < 4.78 is 5.27. The van der Waals surface area contributed by atoms with E-state index in [2.05, 4.69) is 17.6 Å². The molecule has 1 atom stereocenters. The SMILES string of the molecule is CCCCOCCNC(=O)N[C@@H](C(=O)O)C(C)C. The van der Waals surface area contributed by atoms with Crippen LogP contribution < -0.4 is 10.6 Å². The zero-order valence-corrected chi connectivity index (χ0v) is 11.4. The summed E-state index contributed by atoms with van der Waals surface area (Å²) in [6, 6.07) is -1.35. The van der Waals surface area contributed by atoms with Crippen LogP contribution in [0.2, 0.25) is 0 Å². The molecule has 0 saturated heterocycles. The van der Waals surface area contributed by atoms with Crippen molar-refractivity contribution in [1.29, 1.82) is 0 Å². The van der Waals surface area contributed by atoms with E-state index in [-0.39, 0.29) is 5.92 Å². The molecule has 0 saturated carbocycles. The van der Waals surface area contributed by atoms with E-state index in [0.29, 0.717) is 19.8 Å². The molecular weight excluding hydrogens is 236 g/mol. The van der Waals surface area contributed by atoms with E-state index in [1.807, 2.05) is 0 Å². The third kappa shape index (κ3) is 7.89. The third-order valence-corrected chi connectivity index (χ3v) is 2.39. The van der Waals surface area contributed by atoms with Crippen LogP contribution in [0, 0.1) is 5.92 Å². The molecular formula is C12H24N2O4. The number of rotatable bonds is 9. The van der Waals surface area contributed by atoms with Gasteiger partial charge in [-0.05, 0) is 12.3 Å². The summed E-state index contributed by atoms with van der Waals surface area (Å²) >= 11 is 0. The van der Waals surface area contributed by atoms with Crippen LogP contribution in [0.1, 0.15) is 33.6 Å². The Balaban J connectivity index is 3.72. The molecule has 3 N–H and O–H groups in total. The average Bonchev–Trinajstić information content (AvgIpc) is 2.29. The lowest BCUT2D eigenvalue weighted by Crippen LogP contribution is -2.49. The van der Waals surface area contributed by atoms with Crippen LogP contribution in [0.5, 0.6) is 0 Å². The van der Waals surface area contributed by atoms with Gasteiger partial charge < -0.3 is 20.5 Å².